The summed E-state index contributed by atoms with van der Waals surface area (Å²) in [6, 6.07) is 15.1. The Morgan fingerprint density at radius 1 is 1.17 bits per heavy atom. The van der Waals surface area contributed by atoms with Crippen LogP contribution in [0.25, 0.3) is 0 Å². The van der Waals surface area contributed by atoms with Crippen LogP contribution in [0.2, 0.25) is 5.02 Å². The van der Waals surface area contributed by atoms with Crippen molar-refractivity contribution in [1.29, 1.82) is 5.26 Å². The zero-order valence-corrected chi connectivity index (χ0v) is 13.8. The number of hydrogen-bond donors (Lipinski definition) is 0. The molecule has 6 heteroatoms. The lowest BCUT2D eigenvalue weighted by Crippen LogP contribution is -2.31. The van der Waals surface area contributed by atoms with Gasteiger partial charge in [0.25, 0.3) is 5.91 Å². The summed E-state index contributed by atoms with van der Waals surface area (Å²) in [4.78, 5) is 25.7. The molecule has 0 saturated carbocycles. The average molecular weight is 343 g/mol. The molecule has 0 heterocycles. The quantitative estimate of drug-likeness (QED) is 0.777. The molecule has 24 heavy (non-hydrogen) atoms. The topological polar surface area (TPSA) is 70.4 Å². The van der Waals surface area contributed by atoms with Crippen LogP contribution in [-0.4, -0.2) is 25.5 Å². The fourth-order valence-electron chi connectivity index (χ4n) is 2.18. The molecule has 0 fully saturated rings. The number of carbonyl (C=O) groups is 2. The fourth-order valence-corrected chi connectivity index (χ4v) is 2.36. The number of halogens is 1. The Kier molecular flexibility index (Phi) is 5.94. The molecular formula is C18H15ClN2O3. The number of esters is 1. The van der Waals surface area contributed by atoms with E-state index in [1.54, 1.807) is 36.4 Å². The van der Waals surface area contributed by atoms with Crippen molar-refractivity contribution in [3.8, 4) is 6.07 Å². The summed E-state index contributed by atoms with van der Waals surface area (Å²) in [5, 5.41) is 9.33. The molecule has 2 aromatic rings. The zero-order chi connectivity index (χ0) is 17.5. The smallest absolute Gasteiger partial charge is 0.337 e. The van der Waals surface area contributed by atoms with Gasteiger partial charge in [0, 0.05) is 22.8 Å². The largest absolute Gasteiger partial charge is 0.465 e. The third kappa shape index (κ3) is 4.12. The van der Waals surface area contributed by atoms with Gasteiger partial charge in [0.2, 0.25) is 0 Å². The Balaban J connectivity index is 2.30. The lowest BCUT2D eigenvalue weighted by atomic mass is 10.1. The second-order valence-corrected chi connectivity index (χ2v) is 5.35. The first-order valence-corrected chi connectivity index (χ1v) is 7.57. The molecule has 0 N–H and O–H groups in total. The van der Waals surface area contributed by atoms with Crippen molar-refractivity contribution in [2.24, 2.45) is 0 Å². The summed E-state index contributed by atoms with van der Waals surface area (Å²) >= 11 is 5.99. The molecular weight excluding hydrogens is 328 g/mol. The fraction of sp³-hybridized carbons (Fsp3) is 0.167. The Morgan fingerprint density at radius 3 is 2.42 bits per heavy atom. The van der Waals surface area contributed by atoms with Crippen LogP contribution >= 0.6 is 11.6 Å². The summed E-state index contributed by atoms with van der Waals surface area (Å²) in [5.41, 5.74) is 1.38. The monoisotopic (exact) mass is 342 g/mol. The van der Waals surface area contributed by atoms with Crippen molar-refractivity contribution in [2.45, 2.75) is 6.42 Å². The standard InChI is InChI=1S/C18H15ClN2O3/c1-24-18(23)14-8-6-13(7-9-14)17(22)21(11-3-10-20)16-5-2-4-15(19)12-16/h2,4-9,12H,3,11H2,1H3. The van der Waals surface area contributed by atoms with Gasteiger partial charge in [-0.05, 0) is 42.5 Å². The van der Waals surface area contributed by atoms with E-state index >= 15 is 0 Å². The molecule has 0 atom stereocenters. The van der Waals surface area contributed by atoms with Gasteiger partial charge in [0.05, 0.1) is 25.2 Å². The molecule has 122 valence electrons. The van der Waals surface area contributed by atoms with Gasteiger partial charge in [-0.15, -0.1) is 0 Å². The van der Waals surface area contributed by atoms with Crippen LogP contribution in [0.5, 0.6) is 0 Å². The number of amides is 1. The highest BCUT2D eigenvalue weighted by molar-refractivity contribution is 6.31. The molecule has 5 nitrogen and oxygen atoms in total. The minimum absolute atomic E-state index is 0.193. The maximum Gasteiger partial charge on any atom is 0.337 e. The maximum atomic E-state index is 12.8. The van der Waals surface area contributed by atoms with Crippen molar-refractivity contribution < 1.29 is 14.3 Å². The first-order chi connectivity index (χ1) is 11.6. The summed E-state index contributed by atoms with van der Waals surface area (Å²) in [5.74, 6) is -0.742. The lowest BCUT2D eigenvalue weighted by Gasteiger charge is -2.22. The van der Waals surface area contributed by atoms with Crippen LogP contribution in [0.4, 0.5) is 5.69 Å². The number of methoxy groups -OCH3 is 1. The number of rotatable bonds is 5. The minimum Gasteiger partial charge on any atom is -0.465 e. The van der Waals surface area contributed by atoms with Gasteiger partial charge in [-0.25, -0.2) is 4.79 Å². The van der Waals surface area contributed by atoms with E-state index in [1.165, 1.54) is 24.1 Å². The van der Waals surface area contributed by atoms with E-state index in [1.807, 2.05) is 6.07 Å². The Labute approximate surface area is 145 Å². The molecule has 0 aliphatic rings. The molecule has 0 spiro atoms. The molecule has 0 aromatic heterocycles. The van der Waals surface area contributed by atoms with E-state index in [0.29, 0.717) is 21.8 Å². The molecule has 2 rings (SSSR count). The van der Waals surface area contributed by atoms with Gasteiger partial charge >= 0.3 is 5.97 Å². The number of benzene rings is 2. The van der Waals surface area contributed by atoms with Crippen LogP contribution in [0, 0.1) is 11.3 Å². The van der Waals surface area contributed by atoms with Gasteiger partial charge < -0.3 is 9.64 Å². The molecule has 2 aromatic carbocycles. The van der Waals surface area contributed by atoms with Crippen LogP contribution in [-0.2, 0) is 4.74 Å². The molecule has 0 aliphatic heterocycles. The number of nitriles is 1. The minimum atomic E-state index is -0.467. The lowest BCUT2D eigenvalue weighted by molar-refractivity contribution is 0.0600. The first-order valence-electron chi connectivity index (χ1n) is 7.19. The van der Waals surface area contributed by atoms with E-state index < -0.39 is 5.97 Å². The SMILES string of the molecule is COC(=O)c1ccc(C(=O)N(CCC#N)c2cccc(Cl)c2)cc1. The van der Waals surface area contributed by atoms with E-state index in [2.05, 4.69) is 4.74 Å². The van der Waals surface area contributed by atoms with Crippen LogP contribution in [0.15, 0.2) is 48.5 Å². The van der Waals surface area contributed by atoms with Crippen molar-refractivity contribution in [3.63, 3.8) is 0 Å². The Bertz CT molecular complexity index is 782. The molecule has 1 amide bonds. The van der Waals surface area contributed by atoms with E-state index in [-0.39, 0.29) is 18.9 Å². The number of nitrogens with zero attached hydrogens (tertiary/aromatic N) is 2. The van der Waals surface area contributed by atoms with Crippen LogP contribution in [0.1, 0.15) is 27.1 Å². The zero-order valence-electron chi connectivity index (χ0n) is 13.0. The third-order valence-corrected chi connectivity index (χ3v) is 3.60. The van der Waals surface area contributed by atoms with E-state index in [9.17, 15) is 9.59 Å². The highest BCUT2D eigenvalue weighted by atomic mass is 35.5. The van der Waals surface area contributed by atoms with Gasteiger partial charge in [-0.1, -0.05) is 17.7 Å². The first kappa shape index (κ1) is 17.5. The van der Waals surface area contributed by atoms with Crippen molar-refractivity contribution in [1.82, 2.24) is 0 Å². The third-order valence-electron chi connectivity index (χ3n) is 3.37. The van der Waals surface area contributed by atoms with E-state index in [4.69, 9.17) is 16.9 Å². The number of carbonyl (C=O) groups excluding carboxylic acids is 2. The predicted molar refractivity (Wildman–Crippen MR) is 91.1 cm³/mol. The molecule has 0 bridgehead atoms. The number of ether oxygens (including phenoxy) is 1. The highest BCUT2D eigenvalue weighted by Gasteiger charge is 2.18. The number of anilines is 1. The van der Waals surface area contributed by atoms with Gasteiger partial charge in [0.15, 0.2) is 0 Å². The second kappa shape index (κ2) is 8.14. The van der Waals surface area contributed by atoms with Crippen molar-refractivity contribution >= 4 is 29.2 Å². The summed E-state index contributed by atoms with van der Waals surface area (Å²) < 4.78 is 4.63. The molecule has 0 saturated heterocycles. The van der Waals surface area contributed by atoms with Gasteiger partial charge in [-0.3, -0.25) is 4.79 Å². The predicted octanol–water partition coefficient (Wildman–Crippen LogP) is 3.69. The summed E-state index contributed by atoms with van der Waals surface area (Å²) in [7, 11) is 1.30. The maximum absolute atomic E-state index is 12.8. The Morgan fingerprint density at radius 2 is 1.83 bits per heavy atom. The van der Waals surface area contributed by atoms with Gasteiger partial charge in [0.1, 0.15) is 0 Å². The van der Waals surface area contributed by atoms with Crippen molar-refractivity contribution in [2.75, 3.05) is 18.6 Å². The van der Waals surface area contributed by atoms with E-state index in [0.717, 1.165) is 0 Å². The van der Waals surface area contributed by atoms with Gasteiger partial charge in [-0.2, -0.15) is 5.26 Å². The molecule has 0 unspecified atom stereocenters. The van der Waals surface area contributed by atoms with Crippen LogP contribution < -0.4 is 4.90 Å². The summed E-state index contributed by atoms with van der Waals surface area (Å²) in [6.07, 6.45) is 0.193. The molecule has 0 radical (unpaired) electrons. The average Bonchev–Trinajstić information content (AvgIpc) is 2.61. The molecule has 0 aliphatic carbocycles. The number of hydrogen-bond acceptors (Lipinski definition) is 4. The van der Waals surface area contributed by atoms with Crippen molar-refractivity contribution in [3.05, 3.63) is 64.7 Å². The Hall–Kier alpha value is -2.84. The highest BCUT2D eigenvalue weighted by Crippen LogP contribution is 2.22. The van der Waals surface area contributed by atoms with Crippen LogP contribution in [0.3, 0.4) is 0 Å². The normalized spacial score (nSPS) is 9.88. The second-order valence-electron chi connectivity index (χ2n) is 4.91. The summed E-state index contributed by atoms with van der Waals surface area (Å²) in [6.45, 7) is 0.244.